The fraction of sp³-hybridized carbons (Fsp3) is 0.0476. The Morgan fingerprint density at radius 1 is 0.964 bits per heavy atom. The van der Waals surface area contributed by atoms with Gasteiger partial charge in [0.05, 0.1) is 4.92 Å². The zero-order valence-electron chi connectivity index (χ0n) is 14.9. The van der Waals surface area contributed by atoms with Crippen LogP contribution in [0, 0.1) is 17.0 Å². The van der Waals surface area contributed by atoms with E-state index in [0.717, 1.165) is 15.4 Å². The van der Waals surface area contributed by atoms with Crippen LogP contribution in [-0.2, 0) is 0 Å². The summed E-state index contributed by atoms with van der Waals surface area (Å²) in [6.45, 7) is 1.84. The molecule has 0 saturated carbocycles. The summed E-state index contributed by atoms with van der Waals surface area (Å²) in [6, 6.07) is 20.4. The van der Waals surface area contributed by atoms with E-state index >= 15 is 0 Å². The number of carbonyl (C=O) groups is 1. The first kappa shape index (κ1) is 19.3. The monoisotopic (exact) mass is 392 g/mol. The van der Waals surface area contributed by atoms with E-state index in [2.05, 4.69) is 5.16 Å². The number of benzene rings is 3. The summed E-state index contributed by atoms with van der Waals surface area (Å²) < 4.78 is 0. The van der Waals surface area contributed by atoms with Gasteiger partial charge in [-0.2, -0.15) is 0 Å². The molecule has 0 saturated heterocycles. The second-order valence-electron chi connectivity index (χ2n) is 5.97. The lowest BCUT2D eigenvalue weighted by molar-refractivity contribution is -0.384. The van der Waals surface area contributed by atoms with E-state index < -0.39 is 4.92 Å². The lowest BCUT2D eigenvalue weighted by Crippen LogP contribution is -2.17. The number of nitrogens with zero attached hydrogens (tertiary/aromatic N) is 2. The van der Waals surface area contributed by atoms with Gasteiger partial charge in [-0.25, -0.2) is 0 Å². The van der Waals surface area contributed by atoms with Crippen molar-refractivity contribution in [3.05, 3.63) is 99.6 Å². The predicted molar refractivity (Wildman–Crippen MR) is 107 cm³/mol. The van der Waals surface area contributed by atoms with Crippen molar-refractivity contribution >= 4 is 28.9 Å². The van der Waals surface area contributed by atoms with Crippen LogP contribution in [0.25, 0.3) is 0 Å². The van der Waals surface area contributed by atoms with Gasteiger partial charge < -0.3 is 5.21 Å². The second kappa shape index (κ2) is 8.49. The number of nitro groups is 1. The molecule has 0 aliphatic carbocycles. The average Bonchev–Trinajstić information content (AvgIpc) is 2.71. The third-order valence-corrected chi connectivity index (χ3v) is 5.13. The number of oxime groups is 1. The van der Waals surface area contributed by atoms with Crippen LogP contribution in [0.1, 0.15) is 21.5 Å². The zero-order chi connectivity index (χ0) is 20.1. The predicted octanol–water partition coefficient (Wildman–Crippen LogP) is 5.12. The first-order chi connectivity index (χ1) is 13.5. The summed E-state index contributed by atoms with van der Waals surface area (Å²) in [7, 11) is 0. The van der Waals surface area contributed by atoms with Gasteiger partial charge in [0.25, 0.3) is 5.69 Å². The molecule has 0 aliphatic heterocycles. The minimum atomic E-state index is -0.441. The molecule has 3 aromatic rings. The molecule has 28 heavy (non-hydrogen) atoms. The second-order valence-corrected chi connectivity index (χ2v) is 7.12. The molecule has 7 heteroatoms. The van der Waals surface area contributed by atoms with Crippen LogP contribution in [0.5, 0.6) is 0 Å². The maximum absolute atomic E-state index is 12.7. The Morgan fingerprint density at radius 3 is 2.07 bits per heavy atom. The molecule has 140 valence electrons. The largest absolute Gasteiger partial charge is 0.410 e. The maximum Gasteiger partial charge on any atom is 0.269 e. The normalized spacial score (nSPS) is 11.2. The van der Waals surface area contributed by atoms with Gasteiger partial charge in [-0.1, -0.05) is 41.2 Å². The molecule has 0 heterocycles. The Morgan fingerprint density at radius 2 is 1.54 bits per heavy atom. The Labute approximate surface area is 165 Å². The molecule has 0 bridgehead atoms. The number of carbonyl (C=O) groups excluding carboxylic acids is 1. The molecule has 6 nitrogen and oxygen atoms in total. The molecule has 0 aromatic heterocycles. The van der Waals surface area contributed by atoms with Crippen molar-refractivity contribution in [3.8, 4) is 0 Å². The Balaban J connectivity index is 1.77. The van der Waals surface area contributed by atoms with Crippen molar-refractivity contribution in [1.29, 1.82) is 0 Å². The number of rotatable bonds is 6. The summed E-state index contributed by atoms with van der Waals surface area (Å²) >= 11 is 1.43. The molecule has 0 aliphatic rings. The maximum atomic E-state index is 12.7. The minimum Gasteiger partial charge on any atom is -0.410 e. The van der Waals surface area contributed by atoms with Crippen LogP contribution in [0.4, 0.5) is 5.69 Å². The highest BCUT2D eigenvalue weighted by Crippen LogP contribution is 2.29. The molecule has 0 amide bonds. The van der Waals surface area contributed by atoms with Gasteiger partial charge in [0.1, 0.15) is 0 Å². The van der Waals surface area contributed by atoms with E-state index in [4.69, 9.17) is 0 Å². The Kier molecular flexibility index (Phi) is 5.86. The number of nitro benzene ring substituents is 1. The van der Waals surface area contributed by atoms with Crippen molar-refractivity contribution in [1.82, 2.24) is 0 Å². The quantitative estimate of drug-likeness (QED) is 0.207. The summed E-state index contributed by atoms with van der Waals surface area (Å²) in [4.78, 5) is 24.7. The standard InChI is InChI=1S/C21H16N2O4S/c1-14-4-2-3-5-19(14)20(22-25)21(24)15-6-10-17(11-7-15)28-18-12-8-16(9-13-18)23(26)27/h2-13,25H,1H3/b22-20-. The van der Waals surface area contributed by atoms with Crippen LogP contribution in [0.2, 0.25) is 0 Å². The summed E-state index contributed by atoms with van der Waals surface area (Å²) in [6.07, 6.45) is 0. The SMILES string of the molecule is Cc1ccccc1/C(=N/O)C(=O)c1ccc(Sc2ccc([N+](=O)[O-])cc2)cc1. The van der Waals surface area contributed by atoms with Crippen molar-refractivity contribution in [3.63, 3.8) is 0 Å². The zero-order valence-corrected chi connectivity index (χ0v) is 15.7. The van der Waals surface area contributed by atoms with Crippen LogP contribution < -0.4 is 0 Å². The fourth-order valence-corrected chi connectivity index (χ4v) is 3.46. The van der Waals surface area contributed by atoms with Crippen molar-refractivity contribution in [2.75, 3.05) is 0 Å². The van der Waals surface area contributed by atoms with E-state index in [1.54, 1.807) is 48.5 Å². The van der Waals surface area contributed by atoms with Gasteiger partial charge in [-0.3, -0.25) is 14.9 Å². The molecular weight excluding hydrogens is 376 g/mol. The third-order valence-electron chi connectivity index (χ3n) is 4.12. The van der Waals surface area contributed by atoms with Gasteiger partial charge in [-0.05, 0) is 48.9 Å². The van der Waals surface area contributed by atoms with E-state index in [1.165, 1.54) is 23.9 Å². The number of hydrogen-bond donors (Lipinski definition) is 1. The summed E-state index contributed by atoms with van der Waals surface area (Å²) in [5.41, 5.74) is 1.86. The molecule has 0 fully saturated rings. The van der Waals surface area contributed by atoms with E-state index in [9.17, 15) is 20.1 Å². The first-order valence-corrected chi connectivity index (χ1v) is 9.16. The number of hydrogen-bond acceptors (Lipinski definition) is 6. The highest BCUT2D eigenvalue weighted by Gasteiger charge is 2.18. The molecule has 0 spiro atoms. The minimum absolute atomic E-state index is 0.00567. The van der Waals surface area contributed by atoms with Crippen molar-refractivity contribution in [2.24, 2.45) is 5.16 Å². The highest BCUT2D eigenvalue weighted by atomic mass is 32.2. The number of ketones is 1. The Hall–Kier alpha value is -3.45. The first-order valence-electron chi connectivity index (χ1n) is 8.34. The molecular formula is C21H16N2O4S. The lowest BCUT2D eigenvalue weighted by atomic mass is 9.97. The van der Waals surface area contributed by atoms with Gasteiger partial charge in [0, 0.05) is 33.1 Å². The smallest absolute Gasteiger partial charge is 0.269 e. The number of Topliss-reactive ketones (excluding diaryl/α,β-unsaturated/α-hetero) is 1. The summed E-state index contributed by atoms with van der Waals surface area (Å²) in [5.74, 6) is -0.372. The van der Waals surface area contributed by atoms with E-state index in [-0.39, 0.29) is 17.2 Å². The molecule has 0 radical (unpaired) electrons. The Bertz CT molecular complexity index is 1040. The molecule has 1 N–H and O–H groups in total. The van der Waals surface area contributed by atoms with Gasteiger partial charge >= 0.3 is 0 Å². The lowest BCUT2D eigenvalue weighted by Gasteiger charge is -2.08. The van der Waals surface area contributed by atoms with Crippen molar-refractivity contribution in [2.45, 2.75) is 16.7 Å². The van der Waals surface area contributed by atoms with Crippen LogP contribution in [0.3, 0.4) is 0 Å². The van der Waals surface area contributed by atoms with Crippen LogP contribution in [0.15, 0.2) is 87.7 Å². The van der Waals surface area contributed by atoms with Crippen molar-refractivity contribution < 1.29 is 14.9 Å². The van der Waals surface area contributed by atoms with Gasteiger partial charge in [0.15, 0.2) is 5.71 Å². The van der Waals surface area contributed by atoms with Crippen LogP contribution >= 0.6 is 11.8 Å². The van der Waals surface area contributed by atoms with E-state index in [0.29, 0.717) is 11.1 Å². The fourth-order valence-electron chi connectivity index (χ4n) is 2.64. The van der Waals surface area contributed by atoms with E-state index in [1.807, 2.05) is 19.1 Å². The molecule has 0 unspecified atom stereocenters. The van der Waals surface area contributed by atoms with Gasteiger partial charge in [-0.15, -0.1) is 0 Å². The third kappa shape index (κ3) is 4.27. The molecule has 3 rings (SSSR count). The molecule has 0 atom stereocenters. The average molecular weight is 392 g/mol. The number of aryl methyl sites for hydroxylation is 1. The van der Waals surface area contributed by atoms with Crippen LogP contribution in [-0.4, -0.2) is 21.6 Å². The van der Waals surface area contributed by atoms with Gasteiger partial charge in [0.2, 0.25) is 5.78 Å². The number of non-ortho nitro benzene ring substituents is 1. The topological polar surface area (TPSA) is 92.8 Å². The summed E-state index contributed by atoms with van der Waals surface area (Å²) in [5, 5.41) is 23.3. The molecule has 3 aromatic carbocycles. The highest BCUT2D eigenvalue weighted by molar-refractivity contribution is 7.99.